The van der Waals surface area contributed by atoms with Crippen LogP contribution in [-0.2, 0) is 0 Å². The summed E-state index contributed by atoms with van der Waals surface area (Å²) >= 11 is 0. The molecule has 120 valence electrons. The molecule has 1 unspecified atom stereocenters. The Hall–Kier alpha value is -0.510. The topological polar surface area (TPSA) is 23.8 Å². The van der Waals surface area contributed by atoms with Gasteiger partial charge in [-0.15, -0.1) is 0 Å². The highest BCUT2D eigenvalue weighted by Gasteiger charge is 2.41. The third kappa shape index (κ3) is 4.24. The molecule has 2 rings (SSSR count). The van der Waals surface area contributed by atoms with Gasteiger partial charge in [0, 0.05) is 0 Å². The highest BCUT2D eigenvalue weighted by molar-refractivity contribution is 5.04. The first-order chi connectivity index (χ1) is 10.2. The lowest BCUT2D eigenvalue weighted by Crippen LogP contribution is -2.34. The minimum atomic E-state index is 0.0128. The fourth-order valence-corrected chi connectivity index (χ4v) is 4.92. The van der Waals surface area contributed by atoms with E-state index < -0.39 is 0 Å². The predicted molar refractivity (Wildman–Crippen MR) is 89.9 cm³/mol. The molecular weight excluding hydrogens is 254 g/mol. The molecule has 1 atom stereocenters. The molecule has 0 N–H and O–H groups in total. The van der Waals surface area contributed by atoms with Gasteiger partial charge in [-0.2, -0.15) is 5.26 Å². The van der Waals surface area contributed by atoms with Crippen molar-refractivity contribution in [3.05, 3.63) is 0 Å². The molecule has 2 aliphatic carbocycles. The fraction of sp³-hybridized carbons (Fsp3) is 0.950. The van der Waals surface area contributed by atoms with Gasteiger partial charge >= 0.3 is 0 Å². The summed E-state index contributed by atoms with van der Waals surface area (Å²) in [7, 11) is 0. The van der Waals surface area contributed by atoms with Crippen LogP contribution in [0.15, 0.2) is 0 Å². The molecule has 0 heterocycles. The third-order valence-electron chi connectivity index (χ3n) is 6.65. The second-order valence-electron chi connectivity index (χ2n) is 7.90. The molecule has 0 aliphatic heterocycles. The van der Waals surface area contributed by atoms with E-state index in [4.69, 9.17) is 0 Å². The molecular formula is C20H35N. The van der Waals surface area contributed by atoms with E-state index in [0.29, 0.717) is 5.92 Å². The van der Waals surface area contributed by atoms with Crippen molar-refractivity contribution < 1.29 is 0 Å². The molecule has 0 aromatic rings. The maximum absolute atomic E-state index is 9.82. The van der Waals surface area contributed by atoms with Crippen LogP contribution in [0.3, 0.4) is 0 Å². The maximum atomic E-state index is 9.82. The van der Waals surface area contributed by atoms with Crippen LogP contribution in [0.25, 0.3) is 0 Å². The quantitative estimate of drug-likeness (QED) is 0.513. The van der Waals surface area contributed by atoms with Crippen LogP contribution >= 0.6 is 0 Å². The van der Waals surface area contributed by atoms with Gasteiger partial charge in [0.25, 0.3) is 0 Å². The Balaban J connectivity index is 1.85. The van der Waals surface area contributed by atoms with Crippen LogP contribution in [0.4, 0.5) is 0 Å². The molecule has 2 saturated carbocycles. The molecule has 1 heteroatoms. The van der Waals surface area contributed by atoms with Crippen LogP contribution in [0.5, 0.6) is 0 Å². The van der Waals surface area contributed by atoms with Gasteiger partial charge in [0.05, 0.1) is 11.5 Å². The number of nitrogens with zero attached hydrogens (tertiary/aromatic N) is 1. The lowest BCUT2D eigenvalue weighted by atomic mass is 9.61. The van der Waals surface area contributed by atoms with Gasteiger partial charge in [0.15, 0.2) is 0 Å². The zero-order valence-electron chi connectivity index (χ0n) is 14.4. The van der Waals surface area contributed by atoms with Gasteiger partial charge in [0.1, 0.15) is 0 Å². The Bertz CT molecular complexity index is 326. The van der Waals surface area contributed by atoms with Gasteiger partial charge in [-0.25, -0.2) is 0 Å². The van der Waals surface area contributed by atoms with E-state index in [1.807, 2.05) is 0 Å². The van der Waals surface area contributed by atoms with Crippen LogP contribution in [0.2, 0.25) is 0 Å². The van der Waals surface area contributed by atoms with Crippen molar-refractivity contribution in [3.8, 4) is 6.07 Å². The fourth-order valence-electron chi connectivity index (χ4n) is 4.92. The largest absolute Gasteiger partial charge is 0.198 e. The van der Waals surface area contributed by atoms with Crippen LogP contribution in [0.1, 0.15) is 97.3 Å². The molecule has 0 aromatic carbocycles. The van der Waals surface area contributed by atoms with E-state index in [-0.39, 0.29) is 5.41 Å². The zero-order valence-corrected chi connectivity index (χ0v) is 14.4. The Morgan fingerprint density at radius 1 is 1.00 bits per heavy atom. The molecule has 0 spiro atoms. The molecule has 0 radical (unpaired) electrons. The van der Waals surface area contributed by atoms with Gasteiger partial charge < -0.3 is 0 Å². The van der Waals surface area contributed by atoms with Crippen LogP contribution in [-0.4, -0.2) is 0 Å². The molecule has 2 fully saturated rings. The first-order valence-corrected chi connectivity index (χ1v) is 9.63. The van der Waals surface area contributed by atoms with Gasteiger partial charge in [-0.3, -0.25) is 0 Å². The molecule has 0 amide bonds. The van der Waals surface area contributed by atoms with Gasteiger partial charge in [0.2, 0.25) is 0 Å². The second-order valence-corrected chi connectivity index (χ2v) is 7.90. The minimum absolute atomic E-state index is 0.0128. The highest BCUT2D eigenvalue weighted by atomic mass is 14.5. The van der Waals surface area contributed by atoms with Crippen molar-refractivity contribution in [2.45, 2.75) is 97.3 Å². The first-order valence-electron chi connectivity index (χ1n) is 9.63. The third-order valence-corrected chi connectivity index (χ3v) is 6.65. The molecule has 0 saturated heterocycles. The van der Waals surface area contributed by atoms with E-state index in [1.54, 1.807) is 0 Å². The van der Waals surface area contributed by atoms with E-state index in [0.717, 1.165) is 11.8 Å². The Labute approximate surface area is 132 Å². The Morgan fingerprint density at radius 3 is 2.19 bits per heavy atom. The maximum Gasteiger partial charge on any atom is 0.0692 e. The molecule has 2 aliphatic rings. The summed E-state index contributed by atoms with van der Waals surface area (Å²) in [5.41, 5.74) is 0.0128. The molecule has 21 heavy (non-hydrogen) atoms. The SMILES string of the molecule is CCCCCC(C)C1(C#N)CCC(C2CCCCC2)CC1. The number of hydrogen-bond donors (Lipinski definition) is 0. The first kappa shape index (κ1) is 16.9. The number of hydrogen-bond acceptors (Lipinski definition) is 1. The smallest absolute Gasteiger partial charge is 0.0692 e. The Morgan fingerprint density at radius 2 is 1.62 bits per heavy atom. The molecule has 1 nitrogen and oxygen atoms in total. The average Bonchev–Trinajstić information content (AvgIpc) is 2.56. The van der Waals surface area contributed by atoms with Crippen molar-refractivity contribution >= 4 is 0 Å². The summed E-state index contributed by atoms with van der Waals surface area (Å²) in [5.74, 6) is 2.53. The van der Waals surface area contributed by atoms with Gasteiger partial charge in [-0.05, 0) is 49.9 Å². The number of unbranched alkanes of at least 4 members (excludes halogenated alkanes) is 2. The van der Waals surface area contributed by atoms with Crippen molar-refractivity contribution in [3.63, 3.8) is 0 Å². The minimum Gasteiger partial charge on any atom is -0.198 e. The average molecular weight is 290 g/mol. The number of rotatable bonds is 6. The zero-order chi connectivity index (χ0) is 15.1. The van der Waals surface area contributed by atoms with E-state index in [9.17, 15) is 5.26 Å². The lowest BCUT2D eigenvalue weighted by molar-refractivity contribution is 0.0953. The van der Waals surface area contributed by atoms with Crippen LogP contribution < -0.4 is 0 Å². The monoisotopic (exact) mass is 289 g/mol. The van der Waals surface area contributed by atoms with Crippen molar-refractivity contribution in [2.24, 2.45) is 23.2 Å². The van der Waals surface area contributed by atoms with Crippen molar-refractivity contribution in [1.82, 2.24) is 0 Å². The van der Waals surface area contributed by atoms with Crippen molar-refractivity contribution in [1.29, 1.82) is 5.26 Å². The summed E-state index contributed by atoms with van der Waals surface area (Å²) in [6.07, 6.45) is 17.5. The number of nitriles is 1. The molecule has 0 bridgehead atoms. The van der Waals surface area contributed by atoms with E-state index in [2.05, 4.69) is 19.9 Å². The summed E-state index contributed by atoms with van der Waals surface area (Å²) < 4.78 is 0. The summed E-state index contributed by atoms with van der Waals surface area (Å²) in [4.78, 5) is 0. The van der Waals surface area contributed by atoms with Gasteiger partial charge in [-0.1, -0.05) is 65.2 Å². The summed E-state index contributed by atoms with van der Waals surface area (Å²) in [5, 5.41) is 9.82. The molecule has 0 aromatic heterocycles. The van der Waals surface area contributed by atoms with Crippen molar-refractivity contribution in [2.75, 3.05) is 0 Å². The normalized spacial score (nSPS) is 32.5. The highest BCUT2D eigenvalue weighted by Crippen LogP contribution is 2.49. The predicted octanol–water partition coefficient (Wildman–Crippen LogP) is 6.48. The summed E-state index contributed by atoms with van der Waals surface area (Å²) in [6.45, 7) is 4.61. The van der Waals surface area contributed by atoms with E-state index >= 15 is 0 Å². The van der Waals surface area contributed by atoms with E-state index in [1.165, 1.54) is 83.5 Å². The Kier molecular flexibility index (Phi) is 6.59. The second kappa shape index (κ2) is 8.21. The lowest BCUT2D eigenvalue weighted by Gasteiger charge is -2.42. The summed E-state index contributed by atoms with van der Waals surface area (Å²) in [6, 6.07) is 2.77. The van der Waals surface area contributed by atoms with Crippen LogP contribution in [0, 0.1) is 34.5 Å². The standard InChI is InChI=1S/C20H35N/c1-3-4-6-9-17(2)20(16-21)14-12-19(13-15-20)18-10-7-5-8-11-18/h17-19H,3-15H2,1-2H3.